The van der Waals surface area contributed by atoms with Crippen LogP contribution in [0.4, 0.5) is 14.5 Å². The highest BCUT2D eigenvalue weighted by atomic mass is 19.1. The summed E-state index contributed by atoms with van der Waals surface area (Å²) in [4.78, 5) is 22.1. The van der Waals surface area contributed by atoms with Gasteiger partial charge in [-0.2, -0.15) is 0 Å². The molecule has 1 atom stereocenters. The zero-order chi connectivity index (χ0) is 13.9. The van der Waals surface area contributed by atoms with Crippen LogP contribution in [0.3, 0.4) is 0 Å². The molecule has 0 heterocycles. The lowest BCUT2D eigenvalue weighted by Crippen LogP contribution is -2.35. The largest absolute Gasteiger partial charge is 0.478 e. The van der Waals surface area contributed by atoms with Crippen LogP contribution in [0.25, 0.3) is 0 Å². The molecular weight excluding hydrogens is 246 g/mol. The number of nitrogens with one attached hydrogen (secondary N) is 1. The Bertz CT molecular complexity index is 491. The highest BCUT2D eigenvalue weighted by Gasteiger charge is 2.18. The number of anilines is 1. The summed E-state index contributed by atoms with van der Waals surface area (Å²) in [6.07, 6.45) is 0.334. The van der Waals surface area contributed by atoms with Crippen LogP contribution in [-0.4, -0.2) is 23.0 Å². The van der Waals surface area contributed by atoms with Gasteiger partial charge >= 0.3 is 5.97 Å². The summed E-state index contributed by atoms with van der Waals surface area (Å²) < 4.78 is 26.4. The molecule has 0 aromatic heterocycles. The Morgan fingerprint density at radius 3 is 2.50 bits per heavy atom. The van der Waals surface area contributed by atoms with Crippen LogP contribution in [0.2, 0.25) is 0 Å². The molecule has 0 aliphatic heterocycles. The van der Waals surface area contributed by atoms with Crippen LogP contribution < -0.4 is 11.1 Å². The Kier molecular flexibility index (Phi) is 4.33. The van der Waals surface area contributed by atoms with Crippen LogP contribution in [0, 0.1) is 11.6 Å². The monoisotopic (exact) mass is 258 g/mol. The summed E-state index contributed by atoms with van der Waals surface area (Å²) in [6, 6.07) is 0.270. The van der Waals surface area contributed by atoms with Crippen molar-refractivity contribution in [3.05, 3.63) is 29.3 Å². The van der Waals surface area contributed by atoms with Crippen LogP contribution >= 0.6 is 0 Å². The van der Waals surface area contributed by atoms with Gasteiger partial charge in [0.05, 0.1) is 17.3 Å². The second-order valence-corrected chi connectivity index (χ2v) is 3.62. The van der Waals surface area contributed by atoms with E-state index in [1.807, 2.05) is 0 Å². The number of carboxylic acids is 1. The average Bonchev–Trinajstić information content (AvgIpc) is 2.30. The molecule has 18 heavy (non-hydrogen) atoms. The molecular formula is C11H12F2N2O3. The van der Waals surface area contributed by atoms with E-state index in [0.29, 0.717) is 18.6 Å². The molecule has 1 amide bonds. The maximum absolute atomic E-state index is 13.3. The van der Waals surface area contributed by atoms with Gasteiger partial charge in [-0.3, -0.25) is 4.79 Å². The SMILES string of the molecule is CC[C@@H](N)C(=O)Nc1cc(C(=O)O)c(F)cc1F. The molecule has 0 bridgehead atoms. The molecule has 0 fully saturated rings. The third-order valence-corrected chi connectivity index (χ3v) is 2.32. The number of carboxylic acid groups (broad SMARTS) is 1. The highest BCUT2D eigenvalue weighted by molar-refractivity contribution is 5.96. The van der Waals surface area contributed by atoms with Crippen molar-refractivity contribution in [3.8, 4) is 0 Å². The smallest absolute Gasteiger partial charge is 0.338 e. The minimum Gasteiger partial charge on any atom is -0.478 e. The van der Waals surface area contributed by atoms with E-state index in [-0.39, 0.29) is 0 Å². The molecule has 4 N–H and O–H groups in total. The third kappa shape index (κ3) is 3.01. The molecule has 5 nitrogen and oxygen atoms in total. The molecule has 0 saturated heterocycles. The average molecular weight is 258 g/mol. The molecule has 1 rings (SSSR count). The lowest BCUT2D eigenvalue weighted by Gasteiger charge is -2.11. The fourth-order valence-electron chi connectivity index (χ4n) is 1.22. The van der Waals surface area contributed by atoms with Gasteiger partial charge in [0, 0.05) is 6.07 Å². The summed E-state index contributed by atoms with van der Waals surface area (Å²) in [5, 5.41) is 10.8. The summed E-state index contributed by atoms with van der Waals surface area (Å²) >= 11 is 0. The molecule has 0 aliphatic rings. The van der Waals surface area contributed by atoms with Crippen molar-refractivity contribution >= 4 is 17.6 Å². The Morgan fingerprint density at radius 2 is 2.00 bits per heavy atom. The van der Waals surface area contributed by atoms with E-state index >= 15 is 0 Å². The predicted molar refractivity (Wildman–Crippen MR) is 60.2 cm³/mol. The predicted octanol–water partition coefficient (Wildman–Crippen LogP) is 1.34. The van der Waals surface area contributed by atoms with Crippen LogP contribution in [0.5, 0.6) is 0 Å². The van der Waals surface area contributed by atoms with E-state index < -0.39 is 40.8 Å². The number of benzene rings is 1. The number of rotatable bonds is 4. The van der Waals surface area contributed by atoms with E-state index in [1.54, 1.807) is 6.92 Å². The fourth-order valence-corrected chi connectivity index (χ4v) is 1.22. The Labute approximate surface area is 102 Å². The number of amides is 1. The van der Waals surface area contributed by atoms with Gasteiger partial charge in [0.2, 0.25) is 5.91 Å². The van der Waals surface area contributed by atoms with Crippen molar-refractivity contribution in [3.63, 3.8) is 0 Å². The van der Waals surface area contributed by atoms with Crippen molar-refractivity contribution in [1.82, 2.24) is 0 Å². The number of carbonyl (C=O) groups is 2. The van der Waals surface area contributed by atoms with E-state index in [0.717, 1.165) is 0 Å². The minimum atomic E-state index is -1.55. The number of hydrogen-bond donors (Lipinski definition) is 3. The topological polar surface area (TPSA) is 92.4 Å². The van der Waals surface area contributed by atoms with Gasteiger partial charge < -0.3 is 16.2 Å². The standard InChI is InChI=1S/C11H12F2N2O3/c1-2-8(14)10(16)15-9-3-5(11(17)18)6(12)4-7(9)13/h3-4,8H,2,14H2,1H3,(H,15,16)(H,17,18)/t8-/m1/s1. The summed E-state index contributed by atoms with van der Waals surface area (Å²) in [5.41, 5.74) is 4.28. The summed E-state index contributed by atoms with van der Waals surface area (Å²) in [7, 11) is 0. The molecule has 0 radical (unpaired) electrons. The first-order valence-electron chi connectivity index (χ1n) is 5.15. The summed E-state index contributed by atoms with van der Waals surface area (Å²) in [6.45, 7) is 1.66. The van der Waals surface area contributed by atoms with Crippen LogP contribution in [-0.2, 0) is 4.79 Å². The van der Waals surface area contributed by atoms with E-state index in [4.69, 9.17) is 10.8 Å². The third-order valence-electron chi connectivity index (χ3n) is 2.32. The van der Waals surface area contributed by atoms with E-state index in [2.05, 4.69) is 5.32 Å². The maximum atomic E-state index is 13.3. The van der Waals surface area contributed by atoms with Gasteiger partial charge in [0.25, 0.3) is 0 Å². The minimum absolute atomic E-state index is 0.334. The van der Waals surface area contributed by atoms with Crippen molar-refractivity contribution < 1.29 is 23.5 Å². The van der Waals surface area contributed by atoms with E-state index in [1.165, 1.54) is 0 Å². The first kappa shape index (κ1) is 14.0. The van der Waals surface area contributed by atoms with Gasteiger partial charge in [0.1, 0.15) is 11.6 Å². The van der Waals surface area contributed by atoms with Crippen LogP contribution in [0.15, 0.2) is 12.1 Å². The normalized spacial score (nSPS) is 12.0. The zero-order valence-electron chi connectivity index (χ0n) is 9.54. The molecule has 7 heteroatoms. The molecule has 98 valence electrons. The van der Waals surface area contributed by atoms with Crippen molar-refractivity contribution in [2.45, 2.75) is 19.4 Å². The van der Waals surface area contributed by atoms with Gasteiger partial charge in [-0.05, 0) is 12.5 Å². The van der Waals surface area contributed by atoms with Gasteiger partial charge in [-0.25, -0.2) is 13.6 Å². The molecule has 0 saturated carbocycles. The van der Waals surface area contributed by atoms with Crippen molar-refractivity contribution in [1.29, 1.82) is 0 Å². The Balaban J connectivity index is 3.06. The van der Waals surface area contributed by atoms with Gasteiger partial charge in [-0.15, -0.1) is 0 Å². The summed E-state index contributed by atoms with van der Waals surface area (Å²) in [5.74, 6) is -4.49. The van der Waals surface area contributed by atoms with Crippen molar-refractivity contribution in [2.24, 2.45) is 5.73 Å². The molecule has 1 aromatic rings. The lowest BCUT2D eigenvalue weighted by molar-refractivity contribution is -0.117. The maximum Gasteiger partial charge on any atom is 0.338 e. The molecule has 0 unspecified atom stereocenters. The van der Waals surface area contributed by atoms with Gasteiger partial charge in [-0.1, -0.05) is 6.92 Å². The molecule has 1 aromatic carbocycles. The Morgan fingerprint density at radius 1 is 1.39 bits per heavy atom. The number of hydrogen-bond acceptors (Lipinski definition) is 3. The zero-order valence-corrected chi connectivity index (χ0v) is 9.54. The fraction of sp³-hybridized carbons (Fsp3) is 0.273. The Hall–Kier alpha value is -2.02. The lowest BCUT2D eigenvalue weighted by atomic mass is 10.1. The quantitative estimate of drug-likeness (QED) is 0.759. The van der Waals surface area contributed by atoms with Crippen LogP contribution in [0.1, 0.15) is 23.7 Å². The highest BCUT2D eigenvalue weighted by Crippen LogP contribution is 2.19. The molecule has 0 spiro atoms. The van der Waals surface area contributed by atoms with E-state index in [9.17, 15) is 18.4 Å². The second-order valence-electron chi connectivity index (χ2n) is 3.62. The van der Waals surface area contributed by atoms with Gasteiger partial charge in [0.15, 0.2) is 0 Å². The number of halogens is 2. The first-order chi connectivity index (χ1) is 8.36. The molecule has 0 aliphatic carbocycles. The number of carbonyl (C=O) groups excluding carboxylic acids is 1. The van der Waals surface area contributed by atoms with Crippen molar-refractivity contribution in [2.75, 3.05) is 5.32 Å². The number of aromatic carboxylic acids is 1. The number of nitrogens with two attached hydrogens (primary N) is 1. The first-order valence-corrected chi connectivity index (χ1v) is 5.15. The second kappa shape index (κ2) is 5.54.